The van der Waals surface area contributed by atoms with Crippen molar-refractivity contribution in [2.75, 3.05) is 20.6 Å². The highest BCUT2D eigenvalue weighted by Gasteiger charge is 2.42. The minimum absolute atomic E-state index is 0.0899. The lowest BCUT2D eigenvalue weighted by atomic mass is 9.76. The van der Waals surface area contributed by atoms with Gasteiger partial charge in [0.25, 0.3) is 0 Å². The highest BCUT2D eigenvalue weighted by atomic mass is 16.4. The number of rotatable bonds is 16. The highest BCUT2D eigenvalue weighted by molar-refractivity contribution is 5.96. The van der Waals surface area contributed by atoms with E-state index in [4.69, 9.17) is 11.5 Å². The Morgan fingerprint density at radius 2 is 1.65 bits per heavy atom. The number of nitrogens with one attached hydrogen (secondary N) is 3. The molecule has 1 heterocycles. The third kappa shape index (κ3) is 10.3. The Hall–Kier alpha value is -4.39. The highest BCUT2D eigenvalue weighted by Crippen LogP contribution is 2.35. The number of aliphatic imine (C=N–C) groups is 1. The Balaban J connectivity index is 2.33. The molecular formula is C36H58N8O5. The van der Waals surface area contributed by atoms with Crippen LogP contribution in [0.25, 0.3) is 10.9 Å². The molecule has 1 aromatic heterocycles. The smallest absolute Gasteiger partial charge is 0.326 e. The monoisotopic (exact) mass is 682 g/mol. The molecule has 13 nitrogen and oxygen atoms in total. The van der Waals surface area contributed by atoms with Crippen LogP contribution in [0.4, 0.5) is 0 Å². The summed E-state index contributed by atoms with van der Waals surface area (Å²) in [5, 5.41) is 19.5. The maximum absolute atomic E-state index is 14.2. The van der Waals surface area contributed by atoms with Crippen molar-refractivity contribution in [3.63, 3.8) is 0 Å². The van der Waals surface area contributed by atoms with E-state index in [0.717, 1.165) is 16.5 Å². The predicted molar refractivity (Wildman–Crippen MR) is 195 cm³/mol. The fourth-order valence-electron chi connectivity index (χ4n) is 6.17. The minimum Gasteiger partial charge on any atom is -0.480 e. The number of hydrogen-bond acceptors (Lipinski definition) is 6. The van der Waals surface area contributed by atoms with Gasteiger partial charge in [0.05, 0.1) is 12.1 Å². The van der Waals surface area contributed by atoms with Gasteiger partial charge in [-0.2, -0.15) is 0 Å². The number of hydrogen-bond donors (Lipinski definition) is 6. The van der Waals surface area contributed by atoms with Crippen molar-refractivity contribution in [2.45, 2.75) is 97.8 Å². The molecule has 0 spiro atoms. The topological polar surface area (TPSA) is 197 Å². The molecule has 0 radical (unpaired) electrons. The van der Waals surface area contributed by atoms with Crippen molar-refractivity contribution < 1.29 is 24.3 Å². The van der Waals surface area contributed by atoms with E-state index in [9.17, 15) is 24.3 Å². The minimum atomic E-state index is -1.18. The first-order valence-electron chi connectivity index (χ1n) is 16.7. The zero-order valence-electron chi connectivity index (χ0n) is 31.0. The van der Waals surface area contributed by atoms with Gasteiger partial charge in [-0.05, 0) is 49.8 Å². The molecule has 272 valence electrons. The van der Waals surface area contributed by atoms with E-state index in [1.807, 2.05) is 90.5 Å². The molecule has 0 aliphatic rings. The number of nitrogens with two attached hydrogens (primary N) is 2. The van der Waals surface area contributed by atoms with Crippen LogP contribution in [0, 0.1) is 11.3 Å². The third-order valence-electron chi connectivity index (χ3n) is 9.07. The second-order valence-corrected chi connectivity index (χ2v) is 14.8. The molecule has 0 saturated heterocycles. The van der Waals surface area contributed by atoms with Crippen LogP contribution in [0.2, 0.25) is 0 Å². The van der Waals surface area contributed by atoms with Crippen LogP contribution in [0.15, 0.2) is 47.1 Å². The number of benzene rings is 1. The van der Waals surface area contributed by atoms with Crippen molar-refractivity contribution >= 4 is 40.6 Å². The molecule has 8 N–H and O–H groups in total. The summed E-state index contributed by atoms with van der Waals surface area (Å²) in [7, 11) is 5.37. The number of amides is 3. The second kappa shape index (κ2) is 16.8. The molecule has 13 heteroatoms. The van der Waals surface area contributed by atoms with E-state index in [-0.39, 0.29) is 42.2 Å². The van der Waals surface area contributed by atoms with Gasteiger partial charge < -0.3 is 42.0 Å². The Morgan fingerprint density at radius 1 is 1.04 bits per heavy atom. The Morgan fingerprint density at radius 3 is 2.18 bits per heavy atom. The lowest BCUT2D eigenvalue weighted by molar-refractivity contribution is -0.141. The fourth-order valence-corrected chi connectivity index (χ4v) is 6.17. The summed E-state index contributed by atoms with van der Waals surface area (Å²) in [5.74, 6) is -2.57. The molecule has 49 heavy (non-hydrogen) atoms. The number of carbonyl (C=O) groups excluding carboxylic acids is 3. The quantitative estimate of drug-likeness (QED) is 0.0672. The van der Waals surface area contributed by atoms with Crippen molar-refractivity contribution in [3.05, 3.63) is 47.7 Å². The van der Waals surface area contributed by atoms with Crippen molar-refractivity contribution in [1.82, 2.24) is 25.4 Å². The number of carboxylic acid groups (broad SMARTS) is 1. The molecule has 3 amide bonds. The number of nitrogens with zero attached hydrogens (tertiary/aromatic N) is 3. The predicted octanol–water partition coefficient (Wildman–Crippen LogP) is 2.63. The molecule has 0 fully saturated rings. The Bertz CT molecular complexity index is 1550. The molecule has 4 atom stereocenters. The van der Waals surface area contributed by atoms with Gasteiger partial charge in [-0.25, -0.2) is 4.79 Å². The molecule has 0 saturated carbocycles. The van der Waals surface area contributed by atoms with E-state index in [1.54, 1.807) is 32.0 Å². The van der Waals surface area contributed by atoms with E-state index >= 15 is 0 Å². The molecule has 2 aromatic rings. The van der Waals surface area contributed by atoms with Crippen molar-refractivity contribution in [1.29, 1.82) is 0 Å². The van der Waals surface area contributed by atoms with Crippen LogP contribution in [0.3, 0.4) is 0 Å². The van der Waals surface area contributed by atoms with Crippen LogP contribution in [0.1, 0.15) is 73.8 Å². The number of aromatic nitrogens is 1. The molecule has 0 bridgehead atoms. The number of fused-ring (bicyclic) bond motifs is 1. The first-order valence-corrected chi connectivity index (χ1v) is 16.7. The Labute approximate surface area is 290 Å². The largest absolute Gasteiger partial charge is 0.480 e. The van der Waals surface area contributed by atoms with Gasteiger partial charge >= 0.3 is 5.97 Å². The van der Waals surface area contributed by atoms with Gasteiger partial charge in [0.2, 0.25) is 17.7 Å². The standard InChI is InChI=1S/C36H58N8O5/c1-21(2)27(19-22(3)30(45)41-25(33(48)49)16-14-18-40-34(37)38)44(11)32(47)29(35(4,5)6)42-31(46)28(39-9)36(7,8)24-20-43(10)26-17-13-12-15-23(24)26/h12-13,15,17,19-21,25,27-29,39H,14,16,18H2,1-11H3,(H,41,45)(H,42,46)(H,48,49)(H4,37,38,40)/t25?,27-,28-,29-/m1/s1. The Kier molecular flexibility index (Phi) is 14.0. The maximum Gasteiger partial charge on any atom is 0.326 e. The van der Waals surface area contributed by atoms with Crippen molar-refractivity contribution in [2.24, 2.45) is 34.8 Å². The number of aliphatic carboxylic acids is 1. The zero-order chi connectivity index (χ0) is 37.4. The van der Waals surface area contributed by atoms with Gasteiger partial charge in [0, 0.05) is 48.7 Å². The number of para-hydroxylation sites is 1. The number of carbonyl (C=O) groups is 4. The van der Waals surface area contributed by atoms with Crippen LogP contribution >= 0.6 is 0 Å². The number of aryl methyl sites for hydroxylation is 1. The lowest BCUT2D eigenvalue weighted by Gasteiger charge is -2.39. The average molecular weight is 683 g/mol. The SMILES string of the molecule is CN[C@H](C(=O)N[C@H](C(=O)N(C)[C@H](C=C(C)C(=O)NC(CCCN=C(N)N)C(=O)O)C(C)C)C(C)(C)C)C(C)(C)c1cn(C)c2ccccc12. The summed E-state index contributed by atoms with van der Waals surface area (Å²) in [5.41, 5.74) is 11.7. The molecule has 1 unspecified atom stereocenters. The van der Waals surface area contributed by atoms with Gasteiger partial charge in [-0.1, -0.05) is 72.7 Å². The molecule has 0 aliphatic carbocycles. The lowest BCUT2D eigenvalue weighted by Crippen LogP contribution is -2.61. The first-order chi connectivity index (χ1) is 22.6. The normalized spacial score (nSPS) is 14.9. The summed E-state index contributed by atoms with van der Waals surface area (Å²) in [6, 6.07) is 4.82. The van der Waals surface area contributed by atoms with Gasteiger partial charge in [0.15, 0.2) is 5.96 Å². The molecule has 2 rings (SSSR count). The summed E-state index contributed by atoms with van der Waals surface area (Å²) in [6.45, 7) is 15.4. The van der Waals surface area contributed by atoms with E-state index in [2.05, 4.69) is 20.9 Å². The first kappa shape index (κ1) is 40.8. The van der Waals surface area contributed by atoms with E-state index in [0.29, 0.717) is 6.42 Å². The van der Waals surface area contributed by atoms with Crippen LogP contribution in [-0.2, 0) is 31.6 Å². The van der Waals surface area contributed by atoms with E-state index < -0.39 is 46.9 Å². The van der Waals surface area contributed by atoms with Crippen LogP contribution in [-0.4, -0.2) is 89.0 Å². The van der Waals surface area contributed by atoms with Gasteiger partial charge in [0.1, 0.15) is 12.1 Å². The molecular weight excluding hydrogens is 624 g/mol. The fraction of sp³-hybridized carbons (Fsp3) is 0.583. The third-order valence-corrected chi connectivity index (χ3v) is 9.07. The van der Waals surface area contributed by atoms with Crippen LogP contribution in [0.5, 0.6) is 0 Å². The van der Waals surface area contributed by atoms with E-state index in [1.165, 1.54) is 0 Å². The number of carboxylic acids is 1. The summed E-state index contributed by atoms with van der Waals surface area (Å²) < 4.78 is 2.05. The van der Waals surface area contributed by atoms with Gasteiger partial charge in [-0.3, -0.25) is 19.4 Å². The van der Waals surface area contributed by atoms with Crippen molar-refractivity contribution in [3.8, 4) is 0 Å². The zero-order valence-corrected chi connectivity index (χ0v) is 31.0. The summed E-state index contributed by atoms with van der Waals surface area (Å²) >= 11 is 0. The molecule has 0 aliphatic heterocycles. The maximum atomic E-state index is 14.2. The summed E-state index contributed by atoms with van der Waals surface area (Å²) in [6.07, 6.45) is 4.20. The number of guanidine groups is 1. The second-order valence-electron chi connectivity index (χ2n) is 14.8. The molecule has 1 aromatic carbocycles. The van der Waals surface area contributed by atoms with Crippen LogP contribution < -0.4 is 27.4 Å². The van der Waals surface area contributed by atoms with Gasteiger partial charge in [-0.15, -0.1) is 0 Å². The summed E-state index contributed by atoms with van der Waals surface area (Å²) in [4.78, 5) is 58.7. The average Bonchev–Trinajstić information content (AvgIpc) is 3.35. The number of likely N-dealkylation sites (N-methyl/N-ethyl adjacent to an activating group) is 2.